The number of aliphatic carboxylic acids is 1. The van der Waals surface area contributed by atoms with Crippen molar-refractivity contribution in [1.29, 1.82) is 0 Å². The van der Waals surface area contributed by atoms with Crippen LogP contribution in [0.3, 0.4) is 0 Å². The second-order valence-corrected chi connectivity index (χ2v) is 7.30. The van der Waals surface area contributed by atoms with Crippen LogP contribution < -0.4 is 10.6 Å². The second-order valence-electron chi connectivity index (χ2n) is 7.30. The number of nitrogens with two attached hydrogens (primary N) is 1. The molecular formula is C18H28N2O2. The maximum Gasteiger partial charge on any atom is 0.307 e. The molecule has 1 fully saturated rings. The lowest BCUT2D eigenvalue weighted by Crippen LogP contribution is -2.31. The van der Waals surface area contributed by atoms with Crippen LogP contribution >= 0.6 is 0 Å². The molecule has 0 radical (unpaired) electrons. The number of carbonyl (C=O) groups is 1. The number of nitrogen functional groups attached to an aromatic ring is 1. The molecule has 1 aliphatic rings. The minimum atomic E-state index is -0.700. The summed E-state index contributed by atoms with van der Waals surface area (Å²) in [5, 5.41) is 9.06. The van der Waals surface area contributed by atoms with E-state index in [1.165, 1.54) is 0 Å². The van der Waals surface area contributed by atoms with E-state index in [1.807, 2.05) is 12.1 Å². The molecule has 0 heterocycles. The first-order valence-corrected chi connectivity index (χ1v) is 8.16. The lowest BCUT2D eigenvalue weighted by atomic mass is 10.0. The van der Waals surface area contributed by atoms with Gasteiger partial charge in [0.25, 0.3) is 0 Å². The Morgan fingerprint density at radius 3 is 2.27 bits per heavy atom. The molecule has 4 nitrogen and oxygen atoms in total. The SMILES string of the molecule is CC(C)CN(CC(C)C)c1ccc([C@@H]2C[C@@H]2C(=O)O)cc1N. The summed E-state index contributed by atoms with van der Waals surface area (Å²) in [4.78, 5) is 13.4. The van der Waals surface area contributed by atoms with Crippen LogP contribution in [-0.4, -0.2) is 24.2 Å². The van der Waals surface area contributed by atoms with Crippen molar-refractivity contribution in [2.75, 3.05) is 23.7 Å². The van der Waals surface area contributed by atoms with Gasteiger partial charge < -0.3 is 15.7 Å². The third-order valence-corrected chi connectivity index (χ3v) is 4.10. The van der Waals surface area contributed by atoms with Crippen LogP contribution in [0, 0.1) is 17.8 Å². The van der Waals surface area contributed by atoms with Gasteiger partial charge in [-0.1, -0.05) is 33.8 Å². The Labute approximate surface area is 133 Å². The lowest BCUT2D eigenvalue weighted by Gasteiger charge is -2.30. The largest absolute Gasteiger partial charge is 0.481 e. The molecule has 0 bridgehead atoms. The van der Waals surface area contributed by atoms with Crippen LogP contribution in [-0.2, 0) is 4.79 Å². The van der Waals surface area contributed by atoms with Gasteiger partial charge in [0.05, 0.1) is 17.3 Å². The number of carboxylic acid groups (broad SMARTS) is 1. The van der Waals surface area contributed by atoms with Crippen molar-refractivity contribution in [3.05, 3.63) is 23.8 Å². The molecule has 3 N–H and O–H groups in total. The normalized spacial score (nSPS) is 20.5. The average Bonchev–Trinajstić information content (AvgIpc) is 3.16. The van der Waals surface area contributed by atoms with Crippen LogP contribution in [0.4, 0.5) is 11.4 Å². The van der Waals surface area contributed by atoms with Crippen molar-refractivity contribution in [3.63, 3.8) is 0 Å². The van der Waals surface area contributed by atoms with Crippen molar-refractivity contribution in [2.45, 2.75) is 40.0 Å². The highest BCUT2D eigenvalue weighted by molar-refractivity contribution is 5.76. The van der Waals surface area contributed by atoms with E-state index in [-0.39, 0.29) is 11.8 Å². The number of rotatable bonds is 7. The van der Waals surface area contributed by atoms with E-state index in [1.54, 1.807) is 0 Å². The van der Waals surface area contributed by atoms with Crippen molar-refractivity contribution in [3.8, 4) is 0 Å². The van der Waals surface area contributed by atoms with Crippen molar-refractivity contribution < 1.29 is 9.90 Å². The first kappa shape index (κ1) is 16.7. The summed E-state index contributed by atoms with van der Waals surface area (Å²) in [6.45, 7) is 10.8. The third-order valence-electron chi connectivity index (χ3n) is 4.10. The Kier molecular flexibility index (Phi) is 4.99. The number of benzene rings is 1. The minimum absolute atomic E-state index is 0.137. The molecule has 122 valence electrons. The second kappa shape index (κ2) is 6.59. The highest BCUT2D eigenvalue weighted by Crippen LogP contribution is 2.48. The lowest BCUT2D eigenvalue weighted by molar-refractivity contribution is -0.138. The molecule has 0 spiro atoms. The zero-order valence-electron chi connectivity index (χ0n) is 14.0. The molecule has 1 aromatic rings. The summed E-state index contributed by atoms with van der Waals surface area (Å²) in [6, 6.07) is 6.08. The molecular weight excluding hydrogens is 276 g/mol. The molecule has 1 aliphatic carbocycles. The van der Waals surface area contributed by atoms with E-state index in [0.29, 0.717) is 11.8 Å². The van der Waals surface area contributed by atoms with Crippen molar-refractivity contribution >= 4 is 17.3 Å². The molecule has 0 aliphatic heterocycles. The first-order chi connectivity index (χ1) is 10.3. The molecule has 0 aromatic heterocycles. The highest BCUT2D eigenvalue weighted by Gasteiger charge is 2.44. The molecule has 2 rings (SSSR count). The van der Waals surface area contributed by atoms with Gasteiger partial charge in [0.1, 0.15) is 0 Å². The highest BCUT2D eigenvalue weighted by atomic mass is 16.4. The van der Waals surface area contributed by atoms with Gasteiger partial charge in [0, 0.05) is 13.1 Å². The fraction of sp³-hybridized carbons (Fsp3) is 0.611. The molecule has 0 amide bonds. The number of hydrogen-bond acceptors (Lipinski definition) is 3. The maximum atomic E-state index is 11.0. The van der Waals surface area contributed by atoms with Gasteiger partial charge in [-0.3, -0.25) is 4.79 Å². The number of hydrogen-bond donors (Lipinski definition) is 2. The third kappa shape index (κ3) is 3.93. The number of carboxylic acids is 1. The average molecular weight is 304 g/mol. The topological polar surface area (TPSA) is 66.6 Å². The Bertz CT molecular complexity index is 530. The number of nitrogens with zero attached hydrogens (tertiary/aromatic N) is 1. The summed E-state index contributed by atoms with van der Waals surface area (Å²) < 4.78 is 0. The molecule has 1 saturated carbocycles. The molecule has 22 heavy (non-hydrogen) atoms. The van der Waals surface area contributed by atoms with Crippen LogP contribution in [0.25, 0.3) is 0 Å². The fourth-order valence-corrected chi connectivity index (χ4v) is 3.08. The van der Waals surface area contributed by atoms with E-state index < -0.39 is 5.97 Å². The van der Waals surface area contributed by atoms with Crippen molar-refractivity contribution in [2.24, 2.45) is 17.8 Å². The zero-order valence-corrected chi connectivity index (χ0v) is 14.0. The standard InChI is InChI=1S/C18H28N2O2/c1-11(2)9-20(10-12(3)4)17-6-5-13(7-16(17)19)14-8-15(14)18(21)22/h5-7,11-12,14-15H,8-10,19H2,1-4H3,(H,21,22)/t14-,15-/m0/s1. The molecule has 2 atom stereocenters. The van der Waals surface area contributed by atoms with Crippen LogP contribution in [0.15, 0.2) is 18.2 Å². The van der Waals surface area contributed by atoms with E-state index >= 15 is 0 Å². The molecule has 4 heteroatoms. The van der Waals surface area contributed by atoms with Crippen molar-refractivity contribution in [1.82, 2.24) is 0 Å². The monoisotopic (exact) mass is 304 g/mol. The summed E-state index contributed by atoms with van der Waals surface area (Å²) in [5.74, 6) is 0.342. The van der Waals surface area contributed by atoms with Crippen LogP contribution in [0.2, 0.25) is 0 Å². The Morgan fingerprint density at radius 1 is 1.27 bits per heavy atom. The predicted molar refractivity (Wildman–Crippen MR) is 91.2 cm³/mol. The van der Waals surface area contributed by atoms with Crippen LogP contribution in [0.5, 0.6) is 0 Å². The summed E-state index contributed by atoms with van der Waals surface area (Å²) >= 11 is 0. The van der Waals surface area contributed by atoms with E-state index in [0.717, 1.165) is 36.4 Å². The molecule has 0 unspecified atom stereocenters. The summed E-state index contributed by atoms with van der Waals surface area (Å²) in [5.41, 5.74) is 9.16. The molecule has 0 saturated heterocycles. The number of anilines is 2. The van der Waals surface area contributed by atoms with Crippen LogP contribution in [0.1, 0.15) is 45.6 Å². The summed E-state index contributed by atoms with van der Waals surface area (Å²) in [6.07, 6.45) is 0.732. The smallest absolute Gasteiger partial charge is 0.307 e. The predicted octanol–water partition coefficient (Wildman–Crippen LogP) is 3.58. The summed E-state index contributed by atoms with van der Waals surface area (Å²) in [7, 11) is 0. The Balaban J connectivity index is 2.18. The first-order valence-electron chi connectivity index (χ1n) is 8.16. The van der Waals surface area contributed by atoms with E-state index in [2.05, 4.69) is 38.7 Å². The van der Waals surface area contributed by atoms with Gasteiger partial charge in [-0.05, 0) is 41.9 Å². The quantitative estimate of drug-likeness (QED) is 0.756. The minimum Gasteiger partial charge on any atom is -0.481 e. The van der Waals surface area contributed by atoms with Gasteiger partial charge in [0.15, 0.2) is 0 Å². The van der Waals surface area contributed by atoms with E-state index in [9.17, 15) is 4.79 Å². The van der Waals surface area contributed by atoms with E-state index in [4.69, 9.17) is 10.8 Å². The molecule has 1 aromatic carbocycles. The van der Waals surface area contributed by atoms with Gasteiger partial charge >= 0.3 is 5.97 Å². The van der Waals surface area contributed by atoms with Gasteiger partial charge in [-0.2, -0.15) is 0 Å². The van der Waals surface area contributed by atoms with Gasteiger partial charge in [0.2, 0.25) is 0 Å². The Hall–Kier alpha value is -1.71. The fourth-order valence-electron chi connectivity index (χ4n) is 3.08. The zero-order chi connectivity index (χ0) is 16.4. The maximum absolute atomic E-state index is 11.0. The van der Waals surface area contributed by atoms with Gasteiger partial charge in [-0.15, -0.1) is 0 Å². The van der Waals surface area contributed by atoms with Gasteiger partial charge in [-0.25, -0.2) is 0 Å². The Morgan fingerprint density at radius 2 is 1.86 bits per heavy atom.